The molecule has 0 aliphatic carbocycles. The van der Waals surface area contributed by atoms with Gasteiger partial charge in [0.2, 0.25) is 5.91 Å². The van der Waals surface area contributed by atoms with Crippen LogP contribution in [0.2, 0.25) is 0 Å². The molecular formula is C65H127NO5. The van der Waals surface area contributed by atoms with Crippen molar-refractivity contribution in [2.24, 2.45) is 0 Å². The van der Waals surface area contributed by atoms with Crippen LogP contribution in [-0.2, 0) is 14.3 Å². The Morgan fingerprint density at radius 1 is 0.380 bits per heavy atom. The van der Waals surface area contributed by atoms with Crippen molar-refractivity contribution in [1.29, 1.82) is 0 Å². The predicted octanol–water partition coefficient (Wildman–Crippen LogP) is 20.4. The summed E-state index contributed by atoms with van der Waals surface area (Å²) in [6, 6.07) is -0.626. The van der Waals surface area contributed by atoms with Crippen LogP contribution in [0.5, 0.6) is 0 Å². The lowest BCUT2D eigenvalue weighted by atomic mass is 10.0. The van der Waals surface area contributed by atoms with E-state index in [0.29, 0.717) is 19.4 Å². The van der Waals surface area contributed by atoms with Crippen molar-refractivity contribution in [1.82, 2.24) is 5.32 Å². The molecule has 0 saturated carbocycles. The van der Waals surface area contributed by atoms with Gasteiger partial charge in [-0.05, 0) is 32.1 Å². The normalized spacial score (nSPS) is 12.6. The molecule has 0 aromatic rings. The lowest BCUT2D eigenvalue weighted by molar-refractivity contribution is -0.143. The Morgan fingerprint density at radius 3 is 0.958 bits per heavy atom. The molecule has 3 N–H and O–H groups in total. The highest BCUT2D eigenvalue weighted by Crippen LogP contribution is 2.18. The van der Waals surface area contributed by atoms with Gasteiger partial charge in [0.15, 0.2) is 0 Å². The Labute approximate surface area is 444 Å². The van der Waals surface area contributed by atoms with Gasteiger partial charge in [-0.3, -0.25) is 9.59 Å². The Balaban J connectivity index is 3.38. The molecule has 71 heavy (non-hydrogen) atoms. The maximum Gasteiger partial charge on any atom is 0.305 e. The lowest BCUT2D eigenvalue weighted by Gasteiger charge is -2.20. The molecule has 0 fully saturated rings. The standard InChI is InChI=1S/C65H127NO5/c1-3-5-7-9-11-13-15-17-18-27-30-34-37-41-45-49-53-57-63(68)62(61-67)66-64(69)58-54-50-46-42-38-35-31-28-25-23-21-19-20-22-24-26-29-32-36-40-44-48-52-56-60-71-65(70)59-55-51-47-43-39-33-16-14-12-10-8-6-4-2/h53,57,62-63,67-68H,3-52,54-56,58-61H2,1-2H3,(H,66,69)/b57-53+. The highest BCUT2D eigenvalue weighted by molar-refractivity contribution is 5.76. The second kappa shape index (κ2) is 61.1. The number of hydrogen-bond donors (Lipinski definition) is 3. The molecular weight excluding hydrogens is 875 g/mol. The van der Waals surface area contributed by atoms with Crippen LogP contribution in [0.4, 0.5) is 0 Å². The van der Waals surface area contributed by atoms with Crippen LogP contribution in [0.1, 0.15) is 367 Å². The summed E-state index contributed by atoms with van der Waals surface area (Å²) in [5.41, 5.74) is 0. The van der Waals surface area contributed by atoms with E-state index in [1.807, 2.05) is 6.08 Å². The Morgan fingerprint density at radius 2 is 0.648 bits per heavy atom. The minimum absolute atomic E-state index is 0.0172. The molecule has 0 saturated heterocycles. The van der Waals surface area contributed by atoms with Crippen molar-refractivity contribution in [3.05, 3.63) is 12.2 Å². The number of hydrogen-bond acceptors (Lipinski definition) is 5. The molecule has 0 rings (SSSR count). The van der Waals surface area contributed by atoms with Crippen molar-refractivity contribution >= 4 is 11.9 Å². The van der Waals surface area contributed by atoms with E-state index in [1.54, 1.807) is 6.08 Å². The minimum Gasteiger partial charge on any atom is -0.466 e. The second-order valence-corrected chi connectivity index (χ2v) is 22.5. The number of carbonyl (C=O) groups is 2. The number of ether oxygens (including phenoxy) is 1. The summed E-state index contributed by atoms with van der Waals surface area (Å²) in [6.07, 6.45) is 74.1. The summed E-state index contributed by atoms with van der Waals surface area (Å²) in [7, 11) is 0. The molecule has 2 atom stereocenters. The molecule has 0 radical (unpaired) electrons. The van der Waals surface area contributed by atoms with Gasteiger partial charge in [0, 0.05) is 12.8 Å². The van der Waals surface area contributed by atoms with Crippen molar-refractivity contribution in [2.45, 2.75) is 379 Å². The van der Waals surface area contributed by atoms with E-state index in [4.69, 9.17) is 4.74 Å². The Kier molecular flexibility index (Phi) is 59.9. The van der Waals surface area contributed by atoms with Crippen LogP contribution in [0.15, 0.2) is 12.2 Å². The highest BCUT2D eigenvalue weighted by Gasteiger charge is 2.18. The predicted molar refractivity (Wildman–Crippen MR) is 310 cm³/mol. The topological polar surface area (TPSA) is 95.9 Å². The van der Waals surface area contributed by atoms with E-state index < -0.39 is 12.1 Å². The minimum atomic E-state index is -0.843. The van der Waals surface area contributed by atoms with Gasteiger partial charge in [-0.2, -0.15) is 0 Å². The number of aliphatic hydroxyl groups is 2. The third-order valence-corrected chi connectivity index (χ3v) is 15.3. The van der Waals surface area contributed by atoms with E-state index in [2.05, 4.69) is 19.2 Å². The highest BCUT2D eigenvalue weighted by atomic mass is 16.5. The fraction of sp³-hybridized carbons (Fsp3) is 0.938. The number of rotatable bonds is 61. The van der Waals surface area contributed by atoms with Gasteiger partial charge in [0.25, 0.3) is 0 Å². The van der Waals surface area contributed by atoms with Crippen molar-refractivity contribution < 1.29 is 24.5 Å². The molecule has 6 nitrogen and oxygen atoms in total. The molecule has 1 amide bonds. The van der Waals surface area contributed by atoms with Crippen molar-refractivity contribution in [2.75, 3.05) is 13.2 Å². The maximum atomic E-state index is 12.5. The lowest BCUT2D eigenvalue weighted by Crippen LogP contribution is -2.45. The molecule has 0 aliphatic rings. The summed E-state index contributed by atoms with van der Waals surface area (Å²) in [4.78, 5) is 24.5. The molecule has 0 heterocycles. The van der Waals surface area contributed by atoms with E-state index >= 15 is 0 Å². The largest absolute Gasteiger partial charge is 0.466 e. The van der Waals surface area contributed by atoms with E-state index in [-0.39, 0.29) is 18.5 Å². The fourth-order valence-corrected chi connectivity index (χ4v) is 10.3. The zero-order valence-corrected chi connectivity index (χ0v) is 48.2. The van der Waals surface area contributed by atoms with Crippen LogP contribution >= 0.6 is 0 Å². The molecule has 0 aromatic heterocycles. The van der Waals surface area contributed by atoms with Crippen LogP contribution in [-0.4, -0.2) is 47.4 Å². The first-order valence-electron chi connectivity index (χ1n) is 32.5. The molecule has 0 bridgehead atoms. The summed E-state index contributed by atoms with van der Waals surface area (Å²) in [6.45, 7) is 4.94. The average Bonchev–Trinajstić information content (AvgIpc) is 3.37. The Bertz CT molecular complexity index is 1060. The smallest absolute Gasteiger partial charge is 0.305 e. The van der Waals surface area contributed by atoms with Crippen LogP contribution in [0.3, 0.4) is 0 Å². The zero-order valence-electron chi connectivity index (χ0n) is 48.2. The van der Waals surface area contributed by atoms with Gasteiger partial charge in [-0.15, -0.1) is 0 Å². The Hall–Kier alpha value is -1.40. The van der Waals surface area contributed by atoms with Crippen molar-refractivity contribution in [3.63, 3.8) is 0 Å². The number of nitrogens with one attached hydrogen (secondary N) is 1. The van der Waals surface area contributed by atoms with E-state index in [9.17, 15) is 19.8 Å². The number of aliphatic hydroxyl groups excluding tert-OH is 2. The van der Waals surface area contributed by atoms with Gasteiger partial charge in [0.1, 0.15) is 0 Å². The van der Waals surface area contributed by atoms with Crippen LogP contribution < -0.4 is 5.32 Å². The number of esters is 1. The monoisotopic (exact) mass is 1000 g/mol. The summed E-state index contributed by atoms with van der Waals surface area (Å²) < 4.78 is 5.48. The third kappa shape index (κ3) is 57.7. The van der Waals surface area contributed by atoms with Crippen LogP contribution in [0, 0.1) is 0 Å². The van der Waals surface area contributed by atoms with Gasteiger partial charge in [-0.25, -0.2) is 0 Å². The van der Waals surface area contributed by atoms with Gasteiger partial charge >= 0.3 is 5.97 Å². The van der Waals surface area contributed by atoms with Gasteiger partial charge in [0.05, 0.1) is 25.4 Å². The van der Waals surface area contributed by atoms with E-state index in [0.717, 1.165) is 38.5 Å². The molecule has 0 aliphatic heterocycles. The van der Waals surface area contributed by atoms with Crippen LogP contribution in [0.25, 0.3) is 0 Å². The van der Waals surface area contributed by atoms with Crippen molar-refractivity contribution in [3.8, 4) is 0 Å². The summed E-state index contributed by atoms with van der Waals surface area (Å²) >= 11 is 0. The third-order valence-electron chi connectivity index (χ3n) is 15.3. The SMILES string of the molecule is CCCCCCCCCCCCCCCCC/C=C/C(O)C(CO)NC(=O)CCCCCCCCCCCCCCCCCCCCCCCCCCOC(=O)CCCCCCCCCCCCCCC. The summed E-state index contributed by atoms with van der Waals surface area (Å²) in [5.74, 6) is -0.0464. The first-order chi connectivity index (χ1) is 35.0. The summed E-state index contributed by atoms with van der Waals surface area (Å²) in [5, 5.41) is 23.2. The van der Waals surface area contributed by atoms with Gasteiger partial charge < -0.3 is 20.3 Å². The molecule has 2 unspecified atom stereocenters. The number of amides is 1. The molecule has 0 spiro atoms. The number of unbranched alkanes of at least 4 members (excludes halogenated alkanes) is 50. The molecule has 6 heteroatoms. The maximum absolute atomic E-state index is 12.5. The average molecular weight is 1000 g/mol. The van der Waals surface area contributed by atoms with E-state index in [1.165, 1.54) is 302 Å². The molecule has 0 aromatic carbocycles. The fourth-order valence-electron chi connectivity index (χ4n) is 10.3. The molecule has 422 valence electrons. The quantitative estimate of drug-likeness (QED) is 0.0320. The zero-order chi connectivity index (χ0) is 51.4. The first-order valence-corrected chi connectivity index (χ1v) is 32.5. The number of allylic oxidation sites excluding steroid dienone is 1. The second-order valence-electron chi connectivity index (χ2n) is 22.5. The first kappa shape index (κ1) is 69.6. The number of carbonyl (C=O) groups excluding carboxylic acids is 2. The van der Waals surface area contributed by atoms with Gasteiger partial charge in [-0.1, -0.05) is 334 Å².